The van der Waals surface area contributed by atoms with Gasteiger partial charge in [0, 0.05) is 27.1 Å². The molecule has 0 N–H and O–H groups in total. The molecule has 2 aromatic heterocycles. The number of aromatic nitrogens is 4. The third-order valence-corrected chi connectivity index (χ3v) is 4.50. The van der Waals surface area contributed by atoms with E-state index < -0.39 is 0 Å². The summed E-state index contributed by atoms with van der Waals surface area (Å²) in [4.78, 5) is 0. The molecule has 7 heteroatoms. The van der Waals surface area contributed by atoms with Crippen LogP contribution >= 0.6 is 15.9 Å². The Morgan fingerprint density at radius 2 is 1.81 bits per heavy atom. The highest BCUT2D eigenvalue weighted by atomic mass is 79.9. The van der Waals surface area contributed by atoms with Crippen molar-refractivity contribution in [3.8, 4) is 5.75 Å². The zero-order valence-electron chi connectivity index (χ0n) is 13.9. The van der Waals surface area contributed by atoms with Crippen molar-refractivity contribution in [3.63, 3.8) is 0 Å². The van der Waals surface area contributed by atoms with Crippen LogP contribution in [0.4, 0.5) is 0 Å². The number of hydrogen-bond acceptors (Lipinski definition) is 4. The van der Waals surface area contributed by atoms with E-state index in [9.17, 15) is 0 Å². The lowest BCUT2D eigenvalue weighted by Crippen LogP contribution is -2.07. The van der Waals surface area contributed by atoms with Crippen LogP contribution in [0.2, 0.25) is 0 Å². The summed E-state index contributed by atoms with van der Waals surface area (Å²) in [5.41, 5.74) is 2.19. The van der Waals surface area contributed by atoms with Gasteiger partial charge in [-0.05, 0) is 30.3 Å². The van der Waals surface area contributed by atoms with Gasteiger partial charge in [-0.2, -0.15) is 5.10 Å². The SMILES string of the molecule is Brc1ccc(OCCn2cc(/C=N\n3cnnc3)c3ccccc32)cc1. The van der Waals surface area contributed by atoms with Crippen LogP contribution in [0.3, 0.4) is 0 Å². The molecule has 6 nitrogen and oxygen atoms in total. The molecular formula is C19H16BrN5O. The molecule has 0 fully saturated rings. The highest BCUT2D eigenvalue weighted by Crippen LogP contribution is 2.21. The van der Waals surface area contributed by atoms with Gasteiger partial charge >= 0.3 is 0 Å². The average Bonchev–Trinajstić information content (AvgIpc) is 3.30. The normalized spacial score (nSPS) is 11.4. The quantitative estimate of drug-likeness (QED) is 0.453. The maximum atomic E-state index is 5.85. The maximum absolute atomic E-state index is 5.85. The number of halogens is 1. The van der Waals surface area contributed by atoms with Crippen LogP contribution in [0.25, 0.3) is 10.9 Å². The summed E-state index contributed by atoms with van der Waals surface area (Å²) < 4.78 is 10.6. The summed E-state index contributed by atoms with van der Waals surface area (Å²) in [6, 6.07) is 16.1. The fourth-order valence-electron chi connectivity index (χ4n) is 2.74. The Kier molecular flexibility index (Phi) is 4.79. The van der Waals surface area contributed by atoms with Crippen LogP contribution in [-0.2, 0) is 6.54 Å². The van der Waals surface area contributed by atoms with Crippen molar-refractivity contribution in [3.05, 3.63) is 77.4 Å². The molecule has 130 valence electrons. The van der Waals surface area contributed by atoms with Crippen molar-refractivity contribution in [1.82, 2.24) is 19.4 Å². The van der Waals surface area contributed by atoms with Crippen molar-refractivity contribution in [2.45, 2.75) is 6.54 Å². The van der Waals surface area contributed by atoms with Gasteiger partial charge in [0.1, 0.15) is 25.0 Å². The van der Waals surface area contributed by atoms with E-state index in [0.29, 0.717) is 6.61 Å². The van der Waals surface area contributed by atoms with Crippen LogP contribution in [0.1, 0.15) is 5.56 Å². The Labute approximate surface area is 158 Å². The standard InChI is InChI=1S/C19H16BrN5O/c20-16-5-7-17(8-6-16)26-10-9-24-12-15(11-23-25-13-21-22-14-25)18-3-1-2-4-19(18)24/h1-8,11-14H,9-10H2/b23-11-. The Bertz CT molecular complexity index is 1020. The average molecular weight is 410 g/mol. The molecule has 4 aromatic rings. The van der Waals surface area contributed by atoms with E-state index in [4.69, 9.17) is 4.74 Å². The Balaban J connectivity index is 1.52. The number of rotatable bonds is 6. The van der Waals surface area contributed by atoms with Gasteiger partial charge in [-0.1, -0.05) is 34.1 Å². The van der Waals surface area contributed by atoms with Gasteiger partial charge in [0.25, 0.3) is 0 Å². The predicted molar refractivity (Wildman–Crippen MR) is 105 cm³/mol. The third kappa shape index (κ3) is 3.67. The first kappa shape index (κ1) is 16.5. The number of hydrogen-bond donors (Lipinski definition) is 0. The summed E-state index contributed by atoms with van der Waals surface area (Å²) in [7, 11) is 0. The second-order valence-corrected chi connectivity index (χ2v) is 6.60. The van der Waals surface area contributed by atoms with E-state index in [1.54, 1.807) is 17.3 Å². The first-order chi connectivity index (χ1) is 12.8. The van der Waals surface area contributed by atoms with Crippen molar-refractivity contribution in [2.24, 2.45) is 5.10 Å². The van der Waals surface area contributed by atoms with Gasteiger partial charge < -0.3 is 9.30 Å². The molecule has 0 amide bonds. The van der Waals surface area contributed by atoms with Crippen LogP contribution in [-0.4, -0.2) is 32.3 Å². The molecule has 0 aliphatic carbocycles. The molecule has 0 atom stereocenters. The Morgan fingerprint density at radius 1 is 1.04 bits per heavy atom. The van der Waals surface area contributed by atoms with Crippen molar-refractivity contribution in [2.75, 3.05) is 6.61 Å². The topological polar surface area (TPSA) is 57.2 Å². The minimum atomic E-state index is 0.586. The second-order valence-electron chi connectivity index (χ2n) is 5.68. The van der Waals surface area contributed by atoms with Gasteiger partial charge in [0.2, 0.25) is 0 Å². The highest BCUT2D eigenvalue weighted by molar-refractivity contribution is 9.10. The largest absolute Gasteiger partial charge is 0.492 e. The van der Waals surface area contributed by atoms with Gasteiger partial charge in [-0.15, -0.1) is 10.2 Å². The van der Waals surface area contributed by atoms with E-state index >= 15 is 0 Å². The van der Waals surface area contributed by atoms with Crippen molar-refractivity contribution in [1.29, 1.82) is 0 Å². The fourth-order valence-corrected chi connectivity index (χ4v) is 3.00. The molecule has 26 heavy (non-hydrogen) atoms. The first-order valence-electron chi connectivity index (χ1n) is 8.15. The van der Waals surface area contributed by atoms with Crippen molar-refractivity contribution >= 4 is 33.0 Å². The van der Waals surface area contributed by atoms with Crippen LogP contribution in [0.5, 0.6) is 5.75 Å². The summed E-state index contributed by atoms with van der Waals surface area (Å²) in [6.45, 7) is 1.33. The number of nitrogens with zero attached hydrogens (tertiary/aromatic N) is 5. The molecule has 0 bridgehead atoms. The molecule has 0 spiro atoms. The predicted octanol–water partition coefficient (Wildman–Crippen LogP) is 3.96. The van der Waals surface area contributed by atoms with E-state index in [-0.39, 0.29) is 0 Å². The Morgan fingerprint density at radius 3 is 2.62 bits per heavy atom. The third-order valence-electron chi connectivity index (χ3n) is 3.97. The maximum Gasteiger partial charge on any atom is 0.141 e. The molecule has 0 aliphatic heterocycles. The lowest BCUT2D eigenvalue weighted by Gasteiger charge is -2.08. The smallest absolute Gasteiger partial charge is 0.141 e. The highest BCUT2D eigenvalue weighted by Gasteiger charge is 2.07. The summed E-state index contributed by atoms with van der Waals surface area (Å²) in [5, 5.41) is 13.0. The lowest BCUT2D eigenvalue weighted by molar-refractivity contribution is 0.300. The number of fused-ring (bicyclic) bond motifs is 1. The molecule has 0 radical (unpaired) electrons. The van der Waals surface area contributed by atoms with Gasteiger partial charge in [-0.25, -0.2) is 4.68 Å². The number of benzene rings is 2. The van der Waals surface area contributed by atoms with E-state index in [1.807, 2.05) is 42.6 Å². The Hall–Kier alpha value is -2.93. The summed E-state index contributed by atoms with van der Waals surface area (Å²) in [6.07, 6.45) is 7.02. The summed E-state index contributed by atoms with van der Waals surface area (Å²) in [5.74, 6) is 0.860. The second kappa shape index (κ2) is 7.53. The van der Waals surface area contributed by atoms with Gasteiger partial charge in [0.15, 0.2) is 0 Å². The lowest BCUT2D eigenvalue weighted by atomic mass is 10.2. The molecule has 0 aliphatic rings. The molecular weight excluding hydrogens is 394 g/mol. The molecule has 2 heterocycles. The monoisotopic (exact) mass is 409 g/mol. The molecule has 0 saturated heterocycles. The molecule has 4 rings (SSSR count). The summed E-state index contributed by atoms with van der Waals surface area (Å²) >= 11 is 3.43. The number of ether oxygens (including phenoxy) is 1. The minimum Gasteiger partial charge on any atom is -0.492 e. The van der Waals surface area contributed by atoms with Crippen LogP contribution in [0, 0.1) is 0 Å². The van der Waals surface area contributed by atoms with Crippen molar-refractivity contribution < 1.29 is 4.74 Å². The van der Waals surface area contributed by atoms with Gasteiger partial charge in [-0.3, -0.25) is 0 Å². The minimum absolute atomic E-state index is 0.586. The number of para-hydroxylation sites is 1. The van der Waals surface area contributed by atoms with E-state index in [2.05, 4.69) is 54.1 Å². The van der Waals surface area contributed by atoms with Crippen LogP contribution in [0.15, 0.2) is 77.0 Å². The molecule has 2 aromatic carbocycles. The zero-order chi connectivity index (χ0) is 17.8. The van der Waals surface area contributed by atoms with E-state index in [0.717, 1.165) is 33.2 Å². The van der Waals surface area contributed by atoms with E-state index in [1.165, 1.54) is 0 Å². The molecule has 0 saturated carbocycles. The fraction of sp³-hybridized carbons (Fsp3) is 0.105. The first-order valence-corrected chi connectivity index (χ1v) is 8.94. The van der Waals surface area contributed by atoms with Gasteiger partial charge in [0.05, 0.1) is 12.8 Å². The molecule has 0 unspecified atom stereocenters. The zero-order valence-corrected chi connectivity index (χ0v) is 15.5. The van der Waals surface area contributed by atoms with Crippen LogP contribution < -0.4 is 4.74 Å².